The molecule has 5 heterocycles. The molecule has 1 aromatic carbocycles. The lowest BCUT2D eigenvalue weighted by atomic mass is 9.87. The van der Waals surface area contributed by atoms with E-state index in [2.05, 4.69) is 15.0 Å². The van der Waals surface area contributed by atoms with Gasteiger partial charge in [-0.15, -0.1) is 0 Å². The Labute approximate surface area is 209 Å². The van der Waals surface area contributed by atoms with Gasteiger partial charge >= 0.3 is 0 Å². The van der Waals surface area contributed by atoms with Gasteiger partial charge in [0.25, 0.3) is 11.5 Å². The maximum absolute atomic E-state index is 15.1. The van der Waals surface area contributed by atoms with Crippen LogP contribution in [0.25, 0.3) is 22.2 Å². The third kappa shape index (κ3) is 4.04. The monoisotopic (exact) mass is 509 g/mol. The minimum Gasteiger partial charge on any atom is -0.356 e. The van der Waals surface area contributed by atoms with Gasteiger partial charge < -0.3 is 4.90 Å². The predicted octanol–water partition coefficient (Wildman–Crippen LogP) is 5.02. The number of nitrogens with zero attached hydrogens (tertiary/aromatic N) is 5. The molecule has 1 saturated heterocycles. The standard InChI is InChI=1S/C27H23F4N5O/c1-15-11-16(6-8-32-15)20-14-35(10-7-27(20,30)31)23-13-19-25(33-22-3-2-9-36(22)26(19)37)24(34-23)18-5-4-17(28)12-21(18)29/h4-6,8,11-13,20H,2-3,7,9-10,14H2,1H3. The second-order valence-electron chi connectivity index (χ2n) is 9.68. The number of aromatic nitrogens is 4. The van der Waals surface area contributed by atoms with E-state index in [1.165, 1.54) is 12.3 Å². The summed E-state index contributed by atoms with van der Waals surface area (Å²) in [5, 5.41) is 0.225. The lowest BCUT2D eigenvalue weighted by molar-refractivity contribution is -0.0424. The van der Waals surface area contributed by atoms with Crippen molar-refractivity contribution in [1.82, 2.24) is 19.5 Å². The number of alkyl halides is 2. The summed E-state index contributed by atoms with van der Waals surface area (Å²) >= 11 is 0. The molecular weight excluding hydrogens is 486 g/mol. The van der Waals surface area contributed by atoms with E-state index in [0.717, 1.165) is 18.6 Å². The van der Waals surface area contributed by atoms with Gasteiger partial charge in [-0.1, -0.05) is 0 Å². The Morgan fingerprint density at radius 1 is 1.05 bits per heavy atom. The Hall–Kier alpha value is -3.82. The van der Waals surface area contributed by atoms with Crippen LogP contribution in [-0.2, 0) is 13.0 Å². The molecule has 1 atom stereocenters. The molecule has 0 bridgehead atoms. The molecule has 4 aromatic rings. The number of pyridine rings is 2. The van der Waals surface area contributed by atoms with Crippen molar-refractivity contribution < 1.29 is 17.6 Å². The normalized spacial score (nSPS) is 18.8. The molecular formula is C27H23F4N5O. The molecule has 0 N–H and O–H groups in total. The summed E-state index contributed by atoms with van der Waals surface area (Å²) in [7, 11) is 0. The topological polar surface area (TPSA) is 63.9 Å². The average molecular weight is 510 g/mol. The summed E-state index contributed by atoms with van der Waals surface area (Å²) in [6.07, 6.45) is 2.46. The summed E-state index contributed by atoms with van der Waals surface area (Å²) < 4.78 is 60.3. The van der Waals surface area contributed by atoms with Gasteiger partial charge in [0.1, 0.15) is 34.5 Å². The highest BCUT2D eigenvalue weighted by Crippen LogP contribution is 2.42. The first-order valence-electron chi connectivity index (χ1n) is 12.2. The van der Waals surface area contributed by atoms with Gasteiger partial charge in [-0.3, -0.25) is 14.3 Å². The Kier molecular flexibility index (Phi) is 5.50. The van der Waals surface area contributed by atoms with Crippen molar-refractivity contribution in [3.05, 3.63) is 81.7 Å². The molecule has 6 rings (SSSR count). The van der Waals surface area contributed by atoms with Gasteiger partial charge in [-0.05, 0) is 49.2 Å². The molecule has 6 nitrogen and oxygen atoms in total. The second-order valence-corrected chi connectivity index (χ2v) is 9.68. The Balaban J connectivity index is 1.52. The largest absolute Gasteiger partial charge is 0.356 e. The van der Waals surface area contributed by atoms with Crippen LogP contribution in [0.15, 0.2) is 47.4 Å². The van der Waals surface area contributed by atoms with E-state index >= 15 is 8.78 Å². The minimum absolute atomic E-state index is 0.00286. The fourth-order valence-electron chi connectivity index (χ4n) is 5.35. The number of hydrogen-bond acceptors (Lipinski definition) is 5. The van der Waals surface area contributed by atoms with Crippen LogP contribution in [0.3, 0.4) is 0 Å². The van der Waals surface area contributed by atoms with Gasteiger partial charge in [-0.25, -0.2) is 27.5 Å². The van der Waals surface area contributed by atoms with Crippen molar-refractivity contribution >= 4 is 16.7 Å². The van der Waals surface area contributed by atoms with E-state index in [1.54, 1.807) is 34.6 Å². The first kappa shape index (κ1) is 23.6. The molecule has 1 fully saturated rings. The fraction of sp³-hybridized carbons (Fsp3) is 0.333. The molecule has 10 heteroatoms. The van der Waals surface area contributed by atoms with E-state index in [-0.39, 0.29) is 46.6 Å². The van der Waals surface area contributed by atoms with Crippen molar-refractivity contribution in [3.8, 4) is 11.3 Å². The number of rotatable bonds is 3. The second kappa shape index (κ2) is 8.64. The zero-order chi connectivity index (χ0) is 25.9. The van der Waals surface area contributed by atoms with E-state index in [0.29, 0.717) is 30.0 Å². The Bertz CT molecular complexity index is 1600. The number of halogens is 4. The molecule has 3 aromatic heterocycles. The van der Waals surface area contributed by atoms with Crippen LogP contribution in [0, 0.1) is 18.6 Å². The van der Waals surface area contributed by atoms with Crippen LogP contribution in [0.5, 0.6) is 0 Å². The third-order valence-electron chi connectivity index (χ3n) is 7.25. The molecule has 1 unspecified atom stereocenters. The van der Waals surface area contributed by atoms with E-state index in [4.69, 9.17) is 0 Å². The van der Waals surface area contributed by atoms with Crippen LogP contribution >= 0.6 is 0 Å². The minimum atomic E-state index is -2.95. The average Bonchev–Trinajstić information content (AvgIpc) is 3.33. The van der Waals surface area contributed by atoms with Crippen LogP contribution in [0.4, 0.5) is 23.4 Å². The highest BCUT2D eigenvalue weighted by Gasteiger charge is 2.45. The molecule has 2 aliphatic rings. The van der Waals surface area contributed by atoms with Crippen LogP contribution < -0.4 is 10.5 Å². The molecule has 37 heavy (non-hydrogen) atoms. The number of hydrogen-bond donors (Lipinski definition) is 0. The highest BCUT2D eigenvalue weighted by atomic mass is 19.3. The smallest absolute Gasteiger partial charge is 0.261 e. The number of aryl methyl sites for hydroxylation is 2. The zero-order valence-corrected chi connectivity index (χ0v) is 20.0. The summed E-state index contributed by atoms with van der Waals surface area (Å²) in [4.78, 5) is 28.5. The molecule has 0 radical (unpaired) electrons. The number of anilines is 1. The summed E-state index contributed by atoms with van der Waals surface area (Å²) in [6.45, 7) is 2.21. The lowest BCUT2D eigenvalue weighted by Crippen LogP contribution is -2.46. The van der Waals surface area contributed by atoms with Gasteiger partial charge in [0.2, 0.25) is 0 Å². The number of piperidine rings is 1. The van der Waals surface area contributed by atoms with Crippen LogP contribution in [0.2, 0.25) is 0 Å². The maximum atomic E-state index is 15.1. The van der Waals surface area contributed by atoms with Crippen molar-refractivity contribution in [1.29, 1.82) is 0 Å². The number of benzene rings is 1. The molecule has 0 saturated carbocycles. The lowest BCUT2D eigenvalue weighted by Gasteiger charge is -2.39. The molecule has 2 aliphatic heterocycles. The van der Waals surface area contributed by atoms with Crippen LogP contribution in [0.1, 0.15) is 35.8 Å². The van der Waals surface area contributed by atoms with Gasteiger partial charge in [-0.2, -0.15) is 0 Å². The van der Waals surface area contributed by atoms with Crippen molar-refractivity contribution in [2.75, 3.05) is 18.0 Å². The van der Waals surface area contributed by atoms with Crippen molar-refractivity contribution in [3.63, 3.8) is 0 Å². The number of fused-ring (bicyclic) bond motifs is 2. The fourth-order valence-corrected chi connectivity index (χ4v) is 5.35. The summed E-state index contributed by atoms with van der Waals surface area (Å²) in [6, 6.07) is 7.91. The molecule has 0 amide bonds. The summed E-state index contributed by atoms with van der Waals surface area (Å²) in [5.41, 5.74) is 1.12. The Morgan fingerprint density at radius 2 is 1.89 bits per heavy atom. The van der Waals surface area contributed by atoms with Crippen molar-refractivity contribution in [2.24, 2.45) is 0 Å². The summed E-state index contributed by atoms with van der Waals surface area (Å²) in [5.74, 6) is -4.80. The highest BCUT2D eigenvalue weighted by molar-refractivity contribution is 5.93. The predicted molar refractivity (Wildman–Crippen MR) is 131 cm³/mol. The first-order valence-corrected chi connectivity index (χ1v) is 12.2. The molecule has 0 aliphatic carbocycles. The first-order chi connectivity index (χ1) is 17.7. The molecule has 190 valence electrons. The Morgan fingerprint density at radius 3 is 2.68 bits per heavy atom. The van der Waals surface area contributed by atoms with Gasteiger partial charge in [0.15, 0.2) is 0 Å². The maximum Gasteiger partial charge on any atom is 0.261 e. The van der Waals surface area contributed by atoms with E-state index in [9.17, 15) is 13.6 Å². The SMILES string of the molecule is Cc1cc(C2CN(c3cc4c(=O)n5c(nc4c(-c4ccc(F)cc4F)n3)CCC5)CCC2(F)F)ccn1. The zero-order valence-electron chi connectivity index (χ0n) is 20.0. The van der Waals surface area contributed by atoms with Gasteiger partial charge in [0.05, 0.1) is 11.3 Å². The van der Waals surface area contributed by atoms with E-state index < -0.39 is 29.9 Å². The van der Waals surface area contributed by atoms with E-state index in [1.807, 2.05) is 0 Å². The van der Waals surface area contributed by atoms with Gasteiger partial charge in [0, 0.05) is 56.0 Å². The molecule has 0 spiro atoms. The van der Waals surface area contributed by atoms with Crippen molar-refractivity contribution in [2.45, 2.75) is 44.6 Å². The van der Waals surface area contributed by atoms with Crippen LogP contribution in [-0.4, -0.2) is 38.5 Å². The quantitative estimate of drug-likeness (QED) is 0.363. The third-order valence-corrected chi connectivity index (χ3v) is 7.25.